The summed E-state index contributed by atoms with van der Waals surface area (Å²) in [7, 11) is 0. The van der Waals surface area contributed by atoms with Gasteiger partial charge in [0.25, 0.3) is 0 Å². The third kappa shape index (κ3) is 3.47. The molecule has 2 unspecified atom stereocenters. The highest BCUT2D eigenvalue weighted by Crippen LogP contribution is 2.20. The van der Waals surface area contributed by atoms with Crippen molar-refractivity contribution in [1.82, 2.24) is 4.90 Å². The number of amides is 1. The van der Waals surface area contributed by atoms with Gasteiger partial charge in [-0.1, -0.05) is 0 Å². The molecule has 0 aliphatic heterocycles. The van der Waals surface area contributed by atoms with Gasteiger partial charge in [-0.15, -0.1) is 0 Å². The zero-order valence-corrected chi connectivity index (χ0v) is 9.74. The van der Waals surface area contributed by atoms with Crippen LogP contribution in [0.15, 0.2) is 0 Å². The first-order chi connectivity index (χ1) is 7.19. The van der Waals surface area contributed by atoms with E-state index in [9.17, 15) is 4.79 Å². The molecule has 1 amide bonds. The first-order valence-electron chi connectivity index (χ1n) is 5.84. The molecule has 0 aromatic heterocycles. The lowest BCUT2D eigenvalue weighted by Crippen LogP contribution is -2.38. The average Bonchev–Trinajstić information content (AvgIpc) is 2.63. The Morgan fingerprint density at radius 1 is 1.40 bits per heavy atom. The predicted molar refractivity (Wildman–Crippen MR) is 59.5 cm³/mol. The molecule has 0 heterocycles. The highest BCUT2D eigenvalue weighted by atomic mass is 16.5. The van der Waals surface area contributed by atoms with Crippen LogP contribution in [-0.4, -0.2) is 42.6 Å². The quantitative estimate of drug-likeness (QED) is 0.735. The monoisotopic (exact) mass is 214 g/mol. The molecule has 0 bridgehead atoms. The zero-order valence-electron chi connectivity index (χ0n) is 9.74. The van der Waals surface area contributed by atoms with Gasteiger partial charge in [0.15, 0.2) is 0 Å². The first kappa shape index (κ1) is 12.5. The minimum Gasteiger partial charge on any atom is -0.367 e. The smallest absolute Gasteiger partial charge is 0.248 e. The summed E-state index contributed by atoms with van der Waals surface area (Å²) in [5.74, 6) is 0.0686. The molecule has 15 heavy (non-hydrogen) atoms. The molecule has 2 N–H and O–H groups in total. The van der Waals surface area contributed by atoms with Gasteiger partial charge in [0.2, 0.25) is 5.91 Å². The molecule has 0 saturated heterocycles. The van der Waals surface area contributed by atoms with Crippen LogP contribution in [0, 0.1) is 0 Å². The van der Waals surface area contributed by atoms with Gasteiger partial charge in [-0.3, -0.25) is 4.79 Å². The zero-order chi connectivity index (χ0) is 11.3. The van der Waals surface area contributed by atoms with E-state index in [1.165, 1.54) is 0 Å². The maximum atomic E-state index is 11.6. The van der Waals surface area contributed by atoms with Crippen LogP contribution in [0.1, 0.15) is 33.1 Å². The molecular weight excluding hydrogens is 192 g/mol. The topological polar surface area (TPSA) is 55.6 Å². The van der Waals surface area contributed by atoms with E-state index in [1.807, 2.05) is 13.8 Å². The largest absolute Gasteiger partial charge is 0.367 e. The number of ether oxygens (including phenoxy) is 1. The molecule has 1 fully saturated rings. The van der Waals surface area contributed by atoms with Crippen LogP contribution in [-0.2, 0) is 9.53 Å². The molecule has 0 aromatic carbocycles. The molecule has 88 valence electrons. The molecule has 2 atom stereocenters. The fourth-order valence-corrected chi connectivity index (χ4v) is 2.01. The fraction of sp³-hybridized carbons (Fsp3) is 0.909. The normalized spacial score (nSPS) is 25.5. The van der Waals surface area contributed by atoms with Gasteiger partial charge < -0.3 is 15.4 Å². The van der Waals surface area contributed by atoms with E-state index in [0.717, 1.165) is 32.4 Å². The molecule has 1 aliphatic rings. The second-order valence-electron chi connectivity index (χ2n) is 4.01. The van der Waals surface area contributed by atoms with Crippen LogP contribution < -0.4 is 5.73 Å². The predicted octanol–water partition coefficient (Wildman–Crippen LogP) is 0.751. The summed E-state index contributed by atoms with van der Waals surface area (Å²) in [6, 6.07) is 0.120. The minimum atomic E-state index is 0.0686. The van der Waals surface area contributed by atoms with E-state index in [2.05, 4.69) is 0 Å². The summed E-state index contributed by atoms with van der Waals surface area (Å²) in [5, 5.41) is 0. The van der Waals surface area contributed by atoms with Gasteiger partial charge in [-0.25, -0.2) is 0 Å². The van der Waals surface area contributed by atoms with Gasteiger partial charge in [-0.2, -0.15) is 0 Å². The third-order valence-corrected chi connectivity index (χ3v) is 3.04. The summed E-state index contributed by atoms with van der Waals surface area (Å²) in [6.45, 7) is 5.62. The number of hydrogen-bond acceptors (Lipinski definition) is 3. The summed E-state index contributed by atoms with van der Waals surface area (Å²) in [5.41, 5.74) is 5.86. The number of carbonyl (C=O) groups excluding carboxylic acids is 1. The summed E-state index contributed by atoms with van der Waals surface area (Å²) >= 11 is 0. The summed E-state index contributed by atoms with van der Waals surface area (Å²) in [4.78, 5) is 13.4. The fourth-order valence-electron chi connectivity index (χ4n) is 2.01. The number of carbonyl (C=O) groups is 1. The maximum absolute atomic E-state index is 11.6. The van der Waals surface area contributed by atoms with Crippen molar-refractivity contribution in [2.24, 2.45) is 5.73 Å². The molecule has 1 rings (SSSR count). The molecule has 0 aromatic rings. The number of hydrogen-bond donors (Lipinski definition) is 1. The summed E-state index contributed by atoms with van der Waals surface area (Å²) in [6.07, 6.45) is 3.21. The van der Waals surface area contributed by atoms with E-state index < -0.39 is 0 Å². The lowest BCUT2D eigenvalue weighted by molar-refractivity contribution is -0.137. The van der Waals surface area contributed by atoms with Gasteiger partial charge in [0.1, 0.15) is 6.61 Å². The van der Waals surface area contributed by atoms with Crippen LogP contribution in [0.4, 0.5) is 0 Å². The molecule has 4 nitrogen and oxygen atoms in total. The second kappa shape index (κ2) is 6.08. The van der Waals surface area contributed by atoms with Crippen molar-refractivity contribution < 1.29 is 9.53 Å². The van der Waals surface area contributed by atoms with Crippen molar-refractivity contribution in [3.8, 4) is 0 Å². The lowest BCUT2D eigenvalue weighted by atomic mass is 10.2. The second-order valence-corrected chi connectivity index (χ2v) is 4.01. The Bertz CT molecular complexity index is 205. The minimum absolute atomic E-state index is 0.0686. The van der Waals surface area contributed by atoms with E-state index in [0.29, 0.717) is 0 Å². The van der Waals surface area contributed by atoms with Crippen molar-refractivity contribution in [3.05, 3.63) is 0 Å². The van der Waals surface area contributed by atoms with Crippen molar-refractivity contribution in [3.63, 3.8) is 0 Å². The highest BCUT2D eigenvalue weighted by Gasteiger charge is 2.25. The highest BCUT2D eigenvalue weighted by molar-refractivity contribution is 5.77. The molecule has 1 saturated carbocycles. The van der Waals surface area contributed by atoms with E-state index in [4.69, 9.17) is 10.5 Å². The Kier molecular flexibility index (Phi) is 5.05. The van der Waals surface area contributed by atoms with Crippen LogP contribution >= 0.6 is 0 Å². The van der Waals surface area contributed by atoms with E-state index >= 15 is 0 Å². The maximum Gasteiger partial charge on any atom is 0.248 e. The van der Waals surface area contributed by atoms with Crippen LogP contribution in [0.5, 0.6) is 0 Å². The molecule has 0 spiro atoms. The Balaban J connectivity index is 2.26. The molecule has 0 radical (unpaired) electrons. The number of nitrogens with zero attached hydrogens (tertiary/aromatic N) is 1. The third-order valence-electron chi connectivity index (χ3n) is 3.04. The lowest BCUT2D eigenvalue weighted by Gasteiger charge is -2.21. The standard InChI is InChI=1S/C11H22N2O2/c1-3-13(4-2)11(14)8-15-10-7-5-6-9(10)12/h9-10H,3-8,12H2,1-2H3. The first-order valence-corrected chi connectivity index (χ1v) is 5.84. The van der Waals surface area contributed by atoms with Gasteiger partial charge >= 0.3 is 0 Å². The van der Waals surface area contributed by atoms with Gasteiger partial charge in [0.05, 0.1) is 6.10 Å². The van der Waals surface area contributed by atoms with E-state index in [-0.39, 0.29) is 24.7 Å². The SMILES string of the molecule is CCN(CC)C(=O)COC1CCCC1N. The van der Waals surface area contributed by atoms with Crippen molar-refractivity contribution >= 4 is 5.91 Å². The molecular formula is C11H22N2O2. The number of nitrogens with two attached hydrogens (primary N) is 1. The average molecular weight is 214 g/mol. The Morgan fingerprint density at radius 3 is 2.53 bits per heavy atom. The van der Waals surface area contributed by atoms with Crippen molar-refractivity contribution in [2.45, 2.75) is 45.3 Å². The van der Waals surface area contributed by atoms with Gasteiger partial charge in [-0.05, 0) is 33.1 Å². The van der Waals surface area contributed by atoms with Gasteiger partial charge in [0, 0.05) is 19.1 Å². The Labute approximate surface area is 91.8 Å². The van der Waals surface area contributed by atoms with Crippen LogP contribution in [0.2, 0.25) is 0 Å². The Hall–Kier alpha value is -0.610. The summed E-state index contributed by atoms with van der Waals surface area (Å²) < 4.78 is 5.55. The number of rotatable bonds is 5. The molecule has 4 heteroatoms. The van der Waals surface area contributed by atoms with E-state index in [1.54, 1.807) is 4.90 Å². The van der Waals surface area contributed by atoms with Crippen molar-refractivity contribution in [1.29, 1.82) is 0 Å². The number of likely N-dealkylation sites (N-methyl/N-ethyl adjacent to an activating group) is 1. The Morgan fingerprint density at radius 2 is 2.07 bits per heavy atom. The molecule has 1 aliphatic carbocycles. The van der Waals surface area contributed by atoms with Crippen molar-refractivity contribution in [2.75, 3.05) is 19.7 Å². The van der Waals surface area contributed by atoms with Crippen LogP contribution in [0.25, 0.3) is 0 Å². The van der Waals surface area contributed by atoms with Crippen LogP contribution in [0.3, 0.4) is 0 Å².